The van der Waals surface area contributed by atoms with Crippen LogP contribution in [0, 0.1) is 0 Å². The molecule has 1 atom stereocenters. The normalized spacial score (nSPS) is 20.0. The van der Waals surface area contributed by atoms with Crippen molar-refractivity contribution in [3.8, 4) is 5.75 Å². The van der Waals surface area contributed by atoms with Gasteiger partial charge in [0, 0.05) is 18.2 Å². The first-order valence-electron chi connectivity index (χ1n) is 3.87. The van der Waals surface area contributed by atoms with Crippen LogP contribution in [0.1, 0.15) is 5.56 Å². The number of methoxy groups -OCH3 is 1. The molecule has 0 aromatic heterocycles. The van der Waals surface area contributed by atoms with Crippen LogP contribution in [0.25, 0.3) is 0 Å². The van der Waals surface area contributed by atoms with E-state index in [0.29, 0.717) is 4.05 Å². The lowest BCUT2D eigenvalue weighted by molar-refractivity contribution is 0.415. The molecule has 1 aromatic rings. The van der Waals surface area contributed by atoms with Crippen LogP contribution in [-0.2, 0) is 6.42 Å². The molecule has 2 nitrogen and oxygen atoms in total. The van der Waals surface area contributed by atoms with Crippen LogP contribution in [0.4, 0.5) is 5.69 Å². The Labute approximate surface area is 85.4 Å². The van der Waals surface area contributed by atoms with Crippen LogP contribution in [-0.4, -0.2) is 11.2 Å². The second-order valence-electron chi connectivity index (χ2n) is 2.84. The second kappa shape index (κ2) is 3.12. The molecule has 1 aliphatic heterocycles. The maximum absolute atomic E-state index is 5.13. The van der Waals surface area contributed by atoms with Crippen LogP contribution < -0.4 is 10.1 Å². The topological polar surface area (TPSA) is 21.3 Å². The van der Waals surface area contributed by atoms with Crippen LogP contribution >= 0.6 is 22.6 Å². The lowest BCUT2D eigenvalue weighted by Gasteiger charge is -2.03. The number of ether oxygens (including phenoxy) is 1. The van der Waals surface area contributed by atoms with E-state index in [1.165, 1.54) is 11.3 Å². The predicted octanol–water partition coefficient (Wildman–Crippen LogP) is 2.42. The molecule has 2 rings (SSSR count). The van der Waals surface area contributed by atoms with Crippen LogP contribution in [0.3, 0.4) is 0 Å². The molecule has 0 spiro atoms. The number of nitrogens with one attached hydrogen (secondary N) is 1. The summed E-state index contributed by atoms with van der Waals surface area (Å²) in [5.74, 6) is 0.923. The molecule has 1 aromatic carbocycles. The van der Waals surface area contributed by atoms with Crippen molar-refractivity contribution >= 4 is 28.3 Å². The van der Waals surface area contributed by atoms with E-state index in [9.17, 15) is 0 Å². The summed E-state index contributed by atoms with van der Waals surface area (Å²) >= 11 is 2.40. The number of rotatable bonds is 1. The Morgan fingerprint density at radius 2 is 2.42 bits per heavy atom. The van der Waals surface area contributed by atoms with Crippen LogP contribution in [0.2, 0.25) is 0 Å². The number of alkyl halides is 1. The van der Waals surface area contributed by atoms with E-state index < -0.39 is 0 Å². The van der Waals surface area contributed by atoms with E-state index in [4.69, 9.17) is 4.74 Å². The van der Waals surface area contributed by atoms with Gasteiger partial charge in [-0.05, 0) is 11.6 Å². The van der Waals surface area contributed by atoms with E-state index in [1.807, 2.05) is 12.1 Å². The van der Waals surface area contributed by atoms with Crippen molar-refractivity contribution in [3.05, 3.63) is 23.8 Å². The van der Waals surface area contributed by atoms with E-state index in [-0.39, 0.29) is 0 Å². The van der Waals surface area contributed by atoms with Crippen molar-refractivity contribution in [1.82, 2.24) is 0 Å². The highest BCUT2D eigenvalue weighted by atomic mass is 127. The fourth-order valence-electron chi connectivity index (χ4n) is 1.41. The first-order valence-corrected chi connectivity index (χ1v) is 5.11. The molecule has 0 saturated heterocycles. The van der Waals surface area contributed by atoms with Crippen molar-refractivity contribution in [1.29, 1.82) is 0 Å². The van der Waals surface area contributed by atoms with Crippen molar-refractivity contribution in [3.63, 3.8) is 0 Å². The maximum Gasteiger partial charge on any atom is 0.120 e. The molecule has 1 unspecified atom stereocenters. The van der Waals surface area contributed by atoms with Gasteiger partial charge in [-0.2, -0.15) is 0 Å². The number of halogens is 1. The Kier molecular flexibility index (Phi) is 2.12. The quantitative estimate of drug-likeness (QED) is 0.483. The van der Waals surface area contributed by atoms with Gasteiger partial charge in [0.25, 0.3) is 0 Å². The van der Waals surface area contributed by atoms with Gasteiger partial charge in [0.05, 0.1) is 11.2 Å². The Bertz CT molecular complexity index is 301. The maximum atomic E-state index is 5.13. The molecule has 64 valence electrons. The average Bonchev–Trinajstić information content (AvgIpc) is 2.43. The van der Waals surface area contributed by atoms with Crippen LogP contribution in [0.5, 0.6) is 5.75 Å². The molecule has 0 fully saturated rings. The minimum Gasteiger partial charge on any atom is -0.497 e. The summed E-state index contributed by atoms with van der Waals surface area (Å²) in [5.41, 5.74) is 2.60. The third kappa shape index (κ3) is 1.37. The summed E-state index contributed by atoms with van der Waals surface area (Å²) in [7, 11) is 1.69. The summed E-state index contributed by atoms with van der Waals surface area (Å²) < 4.78 is 5.66. The van der Waals surface area contributed by atoms with Gasteiger partial charge < -0.3 is 10.1 Å². The second-order valence-corrected chi connectivity index (χ2v) is 4.34. The monoisotopic (exact) mass is 275 g/mol. The standard InChI is InChI=1S/C9H10INO/c1-12-7-3-2-6-4-9(10)11-8(6)5-7/h2-3,5,9,11H,4H2,1H3. The summed E-state index contributed by atoms with van der Waals surface area (Å²) in [6, 6.07) is 6.18. The zero-order chi connectivity index (χ0) is 8.55. The summed E-state index contributed by atoms with van der Waals surface area (Å²) in [6.45, 7) is 0. The highest BCUT2D eigenvalue weighted by Crippen LogP contribution is 2.31. The number of benzene rings is 1. The minimum atomic E-state index is 0.532. The summed E-state index contributed by atoms with van der Waals surface area (Å²) in [6.07, 6.45) is 1.11. The third-order valence-electron chi connectivity index (χ3n) is 2.03. The van der Waals surface area contributed by atoms with Gasteiger partial charge in [-0.3, -0.25) is 0 Å². The number of hydrogen-bond acceptors (Lipinski definition) is 2. The number of hydrogen-bond donors (Lipinski definition) is 1. The van der Waals surface area contributed by atoms with E-state index in [1.54, 1.807) is 7.11 Å². The fourth-order valence-corrected chi connectivity index (χ4v) is 2.22. The van der Waals surface area contributed by atoms with Gasteiger partial charge in [-0.25, -0.2) is 0 Å². The van der Waals surface area contributed by atoms with E-state index in [0.717, 1.165) is 12.2 Å². The zero-order valence-electron chi connectivity index (χ0n) is 6.80. The van der Waals surface area contributed by atoms with Gasteiger partial charge in [-0.1, -0.05) is 28.7 Å². The number of fused-ring (bicyclic) bond motifs is 1. The van der Waals surface area contributed by atoms with Crippen molar-refractivity contribution in [2.75, 3.05) is 12.4 Å². The molecule has 3 heteroatoms. The summed E-state index contributed by atoms with van der Waals surface area (Å²) in [5, 5.41) is 3.38. The zero-order valence-corrected chi connectivity index (χ0v) is 8.96. The molecule has 1 heterocycles. The Hall–Kier alpha value is -0.450. The first-order chi connectivity index (χ1) is 5.79. The molecular formula is C9H10INO. The van der Waals surface area contributed by atoms with Gasteiger partial charge in [0.2, 0.25) is 0 Å². The predicted molar refractivity (Wildman–Crippen MR) is 58.1 cm³/mol. The van der Waals surface area contributed by atoms with Crippen molar-refractivity contribution in [2.24, 2.45) is 0 Å². The van der Waals surface area contributed by atoms with Crippen molar-refractivity contribution in [2.45, 2.75) is 10.5 Å². The van der Waals surface area contributed by atoms with Gasteiger partial charge in [-0.15, -0.1) is 0 Å². The Balaban J connectivity index is 2.35. The number of anilines is 1. The molecule has 0 saturated carbocycles. The minimum absolute atomic E-state index is 0.532. The summed E-state index contributed by atoms with van der Waals surface area (Å²) in [4.78, 5) is 0. The molecule has 0 amide bonds. The largest absolute Gasteiger partial charge is 0.497 e. The van der Waals surface area contributed by atoms with Gasteiger partial charge in [0.15, 0.2) is 0 Å². The molecule has 0 bridgehead atoms. The molecule has 0 aliphatic carbocycles. The van der Waals surface area contributed by atoms with E-state index >= 15 is 0 Å². The van der Waals surface area contributed by atoms with Crippen LogP contribution in [0.15, 0.2) is 18.2 Å². The SMILES string of the molecule is COc1ccc2c(c1)NC(I)C2. The van der Waals surface area contributed by atoms with Gasteiger partial charge in [0.1, 0.15) is 5.75 Å². The fraction of sp³-hybridized carbons (Fsp3) is 0.333. The Morgan fingerprint density at radius 1 is 1.58 bits per heavy atom. The highest BCUT2D eigenvalue weighted by Gasteiger charge is 2.17. The smallest absolute Gasteiger partial charge is 0.120 e. The lowest BCUT2D eigenvalue weighted by Crippen LogP contribution is -2.03. The molecular weight excluding hydrogens is 265 g/mol. The first kappa shape index (κ1) is 8.16. The third-order valence-corrected chi connectivity index (χ3v) is 2.78. The molecule has 1 N–H and O–H groups in total. The van der Waals surface area contributed by atoms with Crippen molar-refractivity contribution < 1.29 is 4.74 Å². The molecule has 12 heavy (non-hydrogen) atoms. The Morgan fingerprint density at radius 3 is 3.17 bits per heavy atom. The average molecular weight is 275 g/mol. The lowest BCUT2D eigenvalue weighted by atomic mass is 10.2. The molecule has 1 aliphatic rings. The highest BCUT2D eigenvalue weighted by molar-refractivity contribution is 14.1. The van der Waals surface area contributed by atoms with E-state index in [2.05, 4.69) is 34.0 Å². The molecule has 0 radical (unpaired) electrons. The van der Waals surface area contributed by atoms with Gasteiger partial charge >= 0.3 is 0 Å².